The van der Waals surface area contributed by atoms with Crippen molar-refractivity contribution in [1.29, 1.82) is 0 Å². The van der Waals surface area contributed by atoms with Crippen molar-refractivity contribution in [3.63, 3.8) is 0 Å². The molecule has 1 N–H and O–H groups in total. The summed E-state index contributed by atoms with van der Waals surface area (Å²) in [5, 5.41) is 9.02. The Morgan fingerprint density at radius 3 is 2.08 bits per heavy atom. The highest BCUT2D eigenvalue weighted by Gasteiger charge is 2.24. The summed E-state index contributed by atoms with van der Waals surface area (Å²) in [6.07, 6.45) is 1.10. The summed E-state index contributed by atoms with van der Waals surface area (Å²) in [7, 11) is 0. The van der Waals surface area contributed by atoms with Gasteiger partial charge < -0.3 is 5.11 Å². The predicted octanol–water partition coefficient (Wildman–Crippen LogP) is 3.24. The number of allylic oxidation sites excluding steroid dienone is 1. The average molecular weight is 184 g/mol. The molecule has 2 atom stereocenters. The van der Waals surface area contributed by atoms with E-state index in [1.807, 2.05) is 0 Å². The summed E-state index contributed by atoms with van der Waals surface area (Å²) in [5.41, 5.74) is 1.42. The Morgan fingerprint density at radius 1 is 1.31 bits per heavy atom. The lowest BCUT2D eigenvalue weighted by molar-refractivity contribution is 0.168. The quantitative estimate of drug-likeness (QED) is 0.650. The Kier molecular flexibility index (Phi) is 4.69. The van der Waals surface area contributed by atoms with Crippen LogP contribution in [0.3, 0.4) is 0 Å². The molecule has 0 aromatic carbocycles. The fourth-order valence-electron chi connectivity index (χ4n) is 1.36. The van der Waals surface area contributed by atoms with Crippen LogP contribution in [0.15, 0.2) is 12.2 Å². The van der Waals surface area contributed by atoms with Gasteiger partial charge >= 0.3 is 0 Å². The smallest absolute Gasteiger partial charge is 0.0459 e. The molecular formula is C12H24O. The first-order valence-corrected chi connectivity index (χ1v) is 5.08. The van der Waals surface area contributed by atoms with Crippen LogP contribution in [-0.4, -0.2) is 11.7 Å². The molecule has 0 aromatic rings. The van der Waals surface area contributed by atoms with Crippen LogP contribution < -0.4 is 0 Å². The van der Waals surface area contributed by atoms with E-state index in [-0.39, 0.29) is 12.0 Å². The Morgan fingerprint density at radius 2 is 1.77 bits per heavy atom. The molecule has 0 spiro atoms. The Labute approximate surface area is 82.9 Å². The minimum Gasteiger partial charge on any atom is -0.396 e. The molecule has 0 amide bonds. The first-order chi connectivity index (χ1) is 5.81. The summed E-state index contributed by atoms with van der Waals surface area (Å²) < 4.78 is 0. The van der Waals surface area contributed by atoms with Gasteiger partial charge in [0, 0.05) is 6.61 Å². The Bertz CT molecular complexity index is 170. The second kappa shape index (κ2) is 4.80. The second-order valence-electron chi connectivity index (χ2n) is 5.01. The third kappa shape index (κ3) is 3.95. The van der Waals surface area contributed by atoms with E-state index in [1.165, 1.54) is 5.57 Å². The summed E-state index contributed by atoms with van der Waals surface area (Å²) in [5.74, 6) is 0.940. The number of aliphatic hydroxyl groups excluding tert-OH is 1. The van der Waals surface area contributed by atoms with Crippen LogP contribution in [0, 0.1) is 17.3 Å². The van der Waals surface area contributed by atoms with Gasteiger partial charge in [-0.15, -0.1) is 0 Å². The highest BCUT2D eigenvalue weighted by atomic mass is 16.3. The maximum Gasteiger partial charge on any atom is 0.0459 e. The van der Waals surface area contributed by atoms with E-state index in [0.29, 0.717) is 11.8 Å². The summed E-state index contributed by atoms with van der Waals surface area (Å²) >= 11 is 0. The number of hydrogen-bond acceptors (Lipinski definition) is 1. The molecule has 0 radical (unpaired) electrons. The van der Waals surface area contributed by atoms with Crippen molar-refractivity contribution in [2.75, 3.05) is 6.61 Å². The second-order valence-corrected chi connectivity index (χ2v) is 5.01. The molecule has 0 aromatic heterocycles. The van der Waals surface area contributed by atoms with Crippen LogP contribution in [0.1, 0.15) is 41.0 Å². The molecule has 0 heterocycles. The molecule has 2 unspecified atom stereocenters. The normalized spacial score (nSPS) is 16.8. The van der Waals surface area contributed by atoms with Crippen LogP contribution in [0.4, 0.5) is 0 Å². The summed E-state index contributed by atoms with van der Waals surface area (Å²) in [4.78, 5) is 0. The SMILES string of the molecule is C=C(C)C(C)(C)CC(C)C(C)CO. The molecule has 0 aliphatic carbocycles. The topological polar surface area (TPSA) is 20.2 Å². The monoisotopic (exact) mass is 184 g/mol. The van der Waals surface area contributed by atoms with E-state index in [0.717, 1.165) is 6.42 Å². The highest BCUT2D eigenvalue weighted by molar-refractivity contribution is 5.03. The lowest BCUT2D eigenvalue weighted by atomic mass is 9.75. The molecule has 0 saturated heterocycles. The fourth-order valence-corrected chi connectivity index (χ4v) is 1.36. The number of aliphatic hydroxyl groups is 1. The van der Waals surface area contributed by atoms with E-state index >= 15 is 0 Å². The van der Waals surface area contributed by atoms with Crippen LogP contribution in [0.25, 0.3) is 0 Å². The van der Waals surface area contributed by atoms with Gasteiger partial charge in [0.05, 0.1) is 0 Å². The highest BCUT2D eigenvalue weighted by Crippen LogP contribution is 2.34. The van der Waals surface area contributed by atoms with Gasteiger partial charge in [-0.3, -0.25) is 0 Å². The molecule has 0 rings (SSSR count). The van der Waals surface area contributed by atoms with E-state index < -0.39 is 0 Å². The van der Waals surface area contributed by atoms with Crippen molar-refractivity contribution < 1.29 is 5.11 Å². The van der Waals surface area contributed by atoms with Crippen molar-refractivity contribution in [2.24, 2.45) is 17.3 Å². The van der Waals surface area contributed by atoms with Gasteiger partial charge in [0.1, 0.15) is 0 Å². The third-order valence-corrected chi connectivity index (χ3v) is 3.25. The van der Waals surface area contributed by atoms with Gasteiger partial charge in [0.25, 0.3) is 0 Å². The lowest BCUT2D eigenvalue weighted by Crippen LogP contribution is -2.22. The molecule has 0 aliphatic rings. The summed E-state index contributed by atoms with van der Waals surface area (Å²) in [6, 6.07) is 0. The van der Waals surface area contributed by atoms with Gasteiger partial charge in [-0.2, -0.15) is 0 Å². The molecule has 0 aliphatic heterocycles. The fraction of sp³-hybridized carbons (Fsp3) is 0.833. The number of rotatable bonds is 5. The van der Waals surface area contributed by atoms with E-state index in [2.05, 4.69) is 41.2 Å². The molecule has 0 fully saturated rings. The van der Waals surface area contributed by atoms with Gasteiger partial charge in [-0.1, -0.05) is 39.8 Å². The third-order valence-electron chi connectivity index (χ3n) is 3.25. The van der Waals surface area contributed by atoms with Crippen LogP contribution in [0.5, 0.6) is 0 Å². The maximum absolute atomic E-state index is 9.02. The van der Waals surface area contributed by atoms with Crippen molar-refractivity contribution in [1.82, 2.24) is 0 Å². The Balaban J connectivity index is 4.19. The Hall–Kier alpha value is -0.300. The predicted molar refractivity (Wildman–Crippen MR) is 58.6 cm³/mol. The van der Waals surface area contributed by atoms with Gasteiger partial charge in [0.2, 0.25) is 0 Å². The zero-order valence-electron chi connectivity index (χ0n) is 9.72. The molecular weight excluding hydrogens is 160 g/mol. The first kappa shape index (κ1) is 12.7. The zero-order chi connectivity index (χ0) is 10.6. The molecule has 13 heavy (non-hydrogen) atoms. The molecule has 0 bridgehead atoms. The van der Waals surface area contributed by atoms with Gasteiger partial charge in [-0.05, 0) is 30.6 Å². The van der Waals surface area contributed by atoms with Crippen molar-refractivity contribution in [3.05, 3.63) is 12.2 Å². The number of hydrogen-bond donors (Lipinski definition) is 1. The molecule has 1 nitrogen and oxygen atoms in total. The van der Waals surface area contributed by atoms with Gasteiger partial charge in [-0.25, -0.2) is 0 Å². The standard InChI is InChI=1S/C12H24O/c1-9(2)12(5,6)7-10(3)11(4)8-13/h10-11,13H,1,7-8H2,2-6H3. The molecule has 78 valence electrons. The van der Waals surface area contributed by atoms with Crippen molar-refractivity contribution in [2.45, 2.75) is 41.0 Å². The van der Waals surface area contributed by atoms with E-state index in [4.69, 9.17) is 5.11 Å². The largest absolute Gasteiger partial charge is 0.396 e. The van der Waals surface area contributed by atoms with E-state index in [9.17, 15) is 0 Å². The lowest BCUT2D eigenvalue weighted by Gasteiger charge is -2.30. The first-order valence-electron chi connectivity index (χ1n) is 5.08. The van der Waals surface area contributed by atoms with Gasteiger partial charge in [0.15, 0.2) is 0 Å². The van der Waals surface area contributed by atoms with Crippen LogP contribution >= 0.6 is 0 Å². The van der Waals surface area contributed by atoms with Crippen molar-refractivity contribution >= 4 is 0 Å². The summed E-state index contributed by atoms with van der Waals surface area (Å²) in [6.45, 7) is 15.1. The zero-order valence-corrected chi connectivity index (χ0v) is 9.72. The maximum atomic E-state index is 9.02. The van der Waals surface area contributed by atoms with Crippen LogP contribution in [0.2, 0.25) is 0 Å². The minimum atomic E-state index is 0.197. The molecule has 0 saturated carbocycles. The minimum absolute atomic E-state index is 0.197. The van der Waals surface area contributed by atoms with E-state index in [1.54, 1.807) is 0 Å². The molecule has 1 heteroatoms. The average Bonchev–Trinajstić information content (AvgIpc) is 2.01. The van der Waals surface area contributed by atoms with Crippen molar-refractivity contribution in [3.8, 4) is 0 Å². The van der Waals surface area contributed by atoms with Crippen LogP contribution in [-0.2, 0) is 0 Å².